The van der Waals surface area contributed by atoms with Gasteiger partial charge in [-0.1, -0.05) is 23.8 Å². The Morgan fingerprint density at radius 1 is 1.04 bits per heavy atom. The maximum absolute atomic E-state index is 12.4. The number of fused-ring (bicyclic) bond motifs is 1. The zero-order valence-electron chi connectivity index (χ0n) is 15.7. The largest absolute Gasteiger partial charge is 0.482 e. The van der Waals surface area contributed by atoms with Gasteiger partial charge < -0.3 is 14.5 Å². The van der Waals surface area contributed by atoms with E-state index in [1.54, 1.807) is 17.0 Å². The number of aryl methyl sites for hydroxylation is 2. The van der Waals surface area contributed by atoms with Crippen LogP contribution in [0.2, 0.25) is 0 Å². The van der Waals surface area contributed by atoms with Crippen LogP contribution in [-0.4, -0.2) is 18.4 Å². The third kappa shape index (κ3) is 3.62. The zero-order valence-corrected chi connectivity index (χ0v) is 15.7. The van der Waals surface area contributed by atoms with Crippen LogP contribution in [0.4, 0.5) is 11.4 Å². The highest BCUT2D eigenvalue weighted by atomic mass is 16.5. The molecule has 0 radical (unpaired) electrons. The van der Waals surface area contributed by atoms with Crippen molar-refractivity contribution < 1.29 is 18.7 Å². The zero-order chi connectivity index (χ0) is 19.7. The highest BCUT2D eigenvalue weighted by molar-refractivity contribution is 6.02. The Morgan fingerprint density at radius 2 is 1.79 bits per heavy atom. The van der Waals surface area contributed by atoms with E-state index >= 15 is 0 Å². The van der Waals surface area contributed by atoms with Crippen LogP contribution in [0.5, 0.6) is 5.75 Å². The quantitative estimate of drug-likeness (QED) is 0.745. The van der Waals surface area contributed by atoms with E-state index in [9.17, 15) is 9.59 Å². The van der Waals surface area contributed by atoms with Crippen LogP contribution in [0.25, 0.3) is 0 Å². The summed E-state index contributed by atoms with van der Waals surface area (Å²) in [4.78, 5) is 26.4. The molecule has 2 aromatic carbocycles. The van der Waals surface area contributed by atoms with Crippen molar-refractivity contribution in [2.75, 3.05) is 16.8 Å². The molecule has 4 rings (SSSR count). The van der Waals surface area contributed by atoms with Crippen LogP contribution in [0, 0.1) is 13.8 Å². The molecule has 3 aromatic rings. The summed E-state index contributed by atoms with van der Waals surface area (Å²) >= 11 is 0. The number of ether oxygens (including phenoxy) is 1. The minimum atomic E-state index is -0.334. The van der Waals surface area contributed by atoms with Gasteiger partial charge in [0.25, 0.3) is 11.8 Å². The van der Waals surface area contributed by atoms with Crippen molar-refractivity contribution in [2.45, 2.75) is 20.4 Å². The van der Waals surface area contributed by atoms with Crippen molar-refractivity contribution in [3.05, 3.63) is 77.2 Å². The minimum Gasteiger partial charge on any atom is -0.482 e. The average molecular weight is 376 g/mol. The van der Waals surface area contributed by atoms with Crippen LogP contribution in [0.15, 0.2) is 59.0 Å². The van der Waals surface area contributed by atoms with E-state index in [2.05, 4.69) is 5.32 Å². The van der Waals surface area contributed by atoms with Gasteiger partial charge in [0.15, 0.2) is 12.4 Å². The van der Waals surface area contributed by atoms with Gasteiger partial charge in [0.2, 0.25) is 0 Å². The first-order valence-electron chi connectivity index (χ1n) is 9.00. The van der Waals surface area contributed by atoms with Gasteiger partial charge in [-0.05, 0) is 55.8 Å². The van der Waals surface area contributed by atoms with Crippen molar-refractivity contribution in [2.24, 2.45) is 0 Å². The van der Waals surface area contributed by atoms with E-state index in [4.69, 9.17) is 9.15 Å². The molecular weight excluding hydrogens is 356 g/mol. The van der Waals surface area contributed by atoms with Gasteiger partial charge in [-0.15, -0.1) is 0 Å². The van der Waals surface area contributed by atoms with E-state index in [-0.39, 0.29) is 30.7 Å². The van der Waals surface area contributed by atoms with E-state index in [0.717, 1.165) is 11.1 Å². The molecule has 6 nitrogen and oxygen atoms in total. The normalized spacial score (nSPS) is 13.1. The molecular formula is C22H20N2O4. The molecule has 1 aliphatic heterocycles. The standard InChI is InChI=1S/C22H20N2O4/c1-14-3-6-16(7-4-14)23-22(26)20-10-8-17(28-20)12-24-18-11-15(2)5-9-19(18)27-13-21(24)25/h3-11H,12-13H2,1-2H3,(H,23,26). The summed E-state index contributed by atoms with van der Waals surface area (Å²) < 4.78 is 11.2. The second-order valence-electron chi connectivity index (χ2n) is 6.83. The number of nitrogens with zero attached hydrogens (tertiary/aromatic N) is 1. The monoisotopic (exact) mass is 376 g/mol. The summed E-state index contributed by atoms with van der Waals surface area (Å²) in [5, 5.41) is 2.80. The molecule has 28 heavy (non-hydrogen) atoms. The first-order chi connectivity index (χ1) is 13.5. The molecule has 2 heterocycles. The Morgan fingerprint density at radius 3 is 2.57 bits per heavy atom. The lowest BCUT2D eigenvalue weighted by atomic mass is 10.1. The van der Waals surface area contributed by atoms with Crippen LogP contribution >= 0.6 is 0 Å². The van der Waals surface area contributed by atoms with Gasteiger partial charge in [0.05, 0.1) is 12.2 Å². The molecule has 1 aromatic heterocycles. The number of rotatable bonds is 4. The number of hydrogen-bond acceptors (Lipinski definition) is 4. The summed E-state index contributed by atoms with van der Waals surface area (Å²) in [6.07, 6.45) is 0. The fourth-order valence-electron chi connectivity index (χ4n) is 3.06. The van der Waals surface area contributed by atoms with Crippen LogP contribution in [-0.2, 0) is 11.3 Å². The van der Waals surface area contributed by atoms with Crippen molar-refractivity contribution in [3.8, 4) is 5.75 Å². The summed E-state index contributed by atoms with van der Waals surface area (Å²) in [7, 11) is 0. The lowest BCUT2D eigenvalue weighted by Crippen LogP contribution is -2.38. The Hall–Kier alpha value is -3.54. The summed E-state index contributed by atoms with van der Waals surface area (Å²) in [6.45, 7) is 4.16. The Labute approximate surface area is 162 Å². The van der Waals surface area contributed by atoms with Gasteiger partial charge >= 0.3 is 0 Å². The predicted molar refractivity (Wildman–Crippen MR) is 106 cm³/mol. The van der Waals surface area contributed by atoms with E-state index in [1.165, 1.54) is 0 Å². The second-order valence-corrected chi connectivity index (χ2v) is 6.83. The number of amides is 2. The predicted octanol–water partition coefficient (Wildman–Crippen LogP) is 4.07. The second kappa shape index (κ2) is 7.23. The van der Waals surface area contributed by atoms with Gasteiger partial charge in [0.1, 0.15) is 11.5 Å². The van der Waals surface area contributed by atoms with Crippen molar-refractivity contribution >= 4 is 23.2 Å². The average Bonchev–Trinajstić information content (AvgIpc) is 3.15. The highest BCUT2D eigenvalue weighted by Gasteiger charge is 2.27. The smallest absolute Gasteiger partial charge is 0.291 e. The number of anilines is 2. The van der Waals surface area contributed by atoms with E-state index < -0.39 is 0 Å². The fourth-order valence-corrected chi connectivity index (χ4v) is 3.06. The Balaban J connectivity index is 1.51. The summed E-state index contributed by atoms with van der Waals surface area (Å²) in [6, 6.07) is 16.5. The molecule has 0 saturated heterocycles. The van der Waals surface area contributed by atoms with E-state index in [0.29, 0.717) is 22.9 Å². The fraction of sp³-hybridized carbons (Fsp3) is 0.182. The molecule has 0 saturated carbocycles. The van der Waals surface area contributed by atoms with Gasteiger partial charge in [-0.3, -0.25) is 14.5 Å². The Kier molecular flexibility index (Phi) is 4.61. The summed E-state index contributed by atoms with van der Waals surface area (Å²) in [5.74, 6) is 0.895. The molecule has 2 amide bonds. The molecule has 142 valence electrons. The molecule has 0 aliphatic carbocycles. The topological polar surface area (TPSA) is 71.8 Å². The van der Waals surface area contributed by atoms with Crippen LogP contribution in [0.3, 0.4) is 0 Å². The minimum absolute atomic E-state index is 0.0163. The maximum Gasteiger partial charge on any atom is 0.291 e. The number of furan rings is 1. The molecule has 0 bridgehead atoms. The van der Waals surface area contributed by atoms with Crippen molar-refractivity contribution in [3.63, 3.8) is 0 Å². The van der Waals surface area contributed by atoms with Crippen molar-refractivity contribution in [1.29, 1.82) is 0 Å². The number of hydrogen-bond donors (Lipinski definition) is 1. The van der Waals surface area contributed by atoms with Gasteiger partial charge in [0, 0.05) is 5.69 Å². The molecule has 1 aliphatic rings. The third-order valence-corrected chi connectivity index (χ3v) is 4.57. The summed E-state index contributed by atoms with van der Waals surface area (Å²) in [5.41, 5.74) is 3.54. The maximum atomic E-state index is 12.4. The molecule has 0 fully saturated rings. The molecule has 0 unspecified atom stereocenters. The Bertz CT molecular complexity index is 1040. The van der Waals surface area contributed by atoms with Crippen LogP contribution < -0.4 is 15.0 Å². The lowest BCUT2D eigenvalue weighted by Gasteiger charge is -2.29. The third-order valence-electron chi connectivity index (χ3n) is 4.57. The SMILES string of the molecule is Cc1ccc(NC(=O)c2ccc(CN3C(=O)COc4ccc(C)cc43)o2)cc1. The van der Waals surface area contributed by atoms with Crippen LogP contribution in [0.1, 0.15) is 27.4 Å². The van der Waals surface area contributed by atoms with Crippen molar-refractivity contribution in [1.82, 2.24) is 0 Å². The molecule has 1 N–H and O–H groups in total. The highest BCUT2D eigenvalue weighted by Crippen LogP contribution is 2.34. The number of nitrogens with one attached hydrogen (secondary N) is 1. The van der Waals surface area contributed by atoms with E-state index in [1.807, 2.05) is 56.3 Å². The number of carbonyl (C=O) groups excluding carboxylic acids is 2. The number of benzene rings is 2. The molecule has 0 spiro atoms. The van der Waals surface area contributed by atoms with Gasteiger partial charge in [-0.2, -0.15) is 0 Å². The first-order valence-corrected chi connectivity index (χ1v) is 9.00. The number of carbonyl (C=O) groups is 2. The molecule has 6 heteroatoms. The first kappa shape index (κ1) is 17.9. The molecule has 0 atom stereocenters. The van der Waals surface area contributed by atoms with Gasteiger partial charge in [-0.25, -0.2) is 0 Å². The lowest BCUT2D eigenvalue weighted by molar-refractivity contribution is -0.121.